The molecule has 0 aliphatic carbocycles. The predicted molar refractivity (Wildman–Crippen MR) is 122 cm³/mol. The molecule has 0 aromatic carbocycles. The maximum atomic E-state index is 2.43. The Balaban J connectivity index is 4.00. The Morgan fingerprint density at radius 3 is 1.19 bits per heavy atom. The standard InChI is InChI=1S/C26H44/c1-8-23(4)17-12-19-26(7)21-13-20-25(6)16-10-9-15-24(5)18-11-14-22(2)3/h14-17,21H,8-13,18-20H2,1-7H3/b23-17+,24-15+,25-16+,26-21+. The Morgan fingerprint density at radius 1 is 0.462 bits per heavy atom. The summed E-state index contributed by atoms with van der Waals surface area (Å²) in [5, 5.41) is 0. The van der Waals surface area contributed by atoms with Crippen LogP contribution in [0.5, 0.6) is 0 Å². The van der Waals surface area contributed by atoms with Gasteiger partial charge in [0.15, 0.2) is 0 Å². The monoisotopic (exact) mass is 356 g/mol. The molecule has 0 aromatic rings. The summed E-state index contributed by atoms with van der Waals surface area (Å²) in [5.74, 6) is 0. The highest BCUT2D eigenvalue weighted by Crippen LogP contribution is 2.14. The average Bonchev–Trinajstić information content (AvgIpc) is 2.58. The molecule has 0 unspecified atom stereocenters. The van der Waals surface area contributed by atoms with E-state index >= 15 is 0 Å². The summed E-state index contributed by atoms with van der Waals surface area (Å²) >= 11 is 0. The SMILES string of the molecule is CC/C(C)=C/CC/C(C)=C/CC/C(C)=C/CC/C=C(\C)CCC=C(C)C. The summed E-state index contributed by atoms with van der Waals surface area (Å²) in [6, 6.07) is 0. The van der Waals surface area contributed by atoms with Crippen molar-refractivity contribution < 1.29 is 0 Å². The molecular weight excluding hydrogens is 312 g/mol. The molecule has 0 fully saturated rings. The van der Waals surface area contributed by atoms with Crippen LogP contribution in [0.15, 0.2) is 58.2 Å². The number of hydrogen-bond donors (Lipinski definition) is 0. The van der Waals surface area contributed by atoms with Crippen LogP contribution in [-0.4, -0.2) is 0 Å². The van der Waals surface area contributed by atoms with Crippen LogP contribution in [0.3, 0.4) is 0 Å². The quantitative estimate of drug-likeness (QED) is 0.228. The van der Waals surface area contributed by atoms with Gasteiger partial charge in [0.25, 0.3) is 0 Å². The van der Waals surface area contributed by atoms with E-state index in [0.717, 1.165) is 0 Å². The van der Waals surface area contributed by atoms with Crippen LogP contribution in [0.2, 0.25) is 0 Å². The number of rotatable bonds is 13. The van der Waals surface area contributed by atoms with Crippen molar-refractivity contribution in [3.63, 3.8) is 0 Å². The third kappa shape index (κ3) is 16.2. The lowest BCUT2D eigenvalue weighted by molar-refractivity contribution is 0.899. The minimum atomic E-state index is 1.18. The average molecular weight is 357 g/mol. The van der Waals surface area contributed by atoms with E-state index in [0.29, 0.717) is 0 Å². The third-order valence-corrected chi connectivity index (χ3v) is 4.86. The molecule has 26 heavy (non-hydrogen) atoms. The summed E-state index contributed by atoms with van der Waals surface area (Å²) < 4.78 is 0. The van der Waals surface area contributed by atoms with Gasteiger partial charge in [-0.1, -0.05) is 65.2 Å². The molecule has 0 amide bonds. The molecule has 0 bridgehead atoms. The molecule has 0 nitrogen and oxygen atoms in total. The minimum absolute atomic E-state index is 1.18. The Kier molecular flexibility index (Phi) is 15.1. The van der Waals surface area contributed by atoms with Gasteiger partial charge in [0, 0.05) is 0 Å². The molecule has 0 rings (SSSR count). The molecule has 0 heterocycles. The highest BCUT2D eigenvalue weighted by atomic mass is 14.0. The third-order valence-electron chi connectivity index (χ3n) is 4.86. The summed E-state index contributed by atoms with van der Waals surface area (Å²) in [6.45, 7) is 15.6. The van der Waals surface area contributed by atoms with E-state index in [1.165, 1.54) is 85.7 Å². The molecule has 148 valence electrons. The lowest BCUT2D eigenvalue weighted by Gasteiger charge is -2.02. The number of hydrogen-bond acceptors (Lipinski definition) is 0. The Morgan fingerprint density at radius 2 is 0.808 bits per heavy atom. The van der Waals surface area contributed by atoms with E-state index in [1.807, 2.05) is 0 Å². The molecule has 0 N–H and O–H groups in total. The van der Waals surface area contributed by atoms with Crippen molar-refractivity contribution in [3.05, 3.63) is 58.2 Å². The maximum absolute atomic E-state index is 2.43. The highest BCUT2D eigenvalue weighted by molar-refractivity contribution is 5.07. The summed E-state index contributed by atoms with van der Waals surface area (Å²) in [6.07, 6.45) is 22.7. The van der Waals surface area contributed by atoms with Crippen molar-refractivity contribution in [2.75, 3.05) is 0 Å². The molecular formula is C26H44. The van der Waals surface area contributed by atoms with Gasteiger partial charge in [0.05, 0.1) is 0 Å². The zero-order chi connectivity index (χ0) is 19.8. The molecule has 0 saturated carbocycles. The Hall–Kier alpha value is -1.30. The first kappa shape index (κ1) is 24.7. The fraction of sp³-hybridized carbons (Fsp3) is 0.615. The van der Waals surface area contributed by atoms with Gasteiger partial charge < -0.3 is 0 Å². The lowest BCUT2D eigenvalue weighted by Crippen LogP contribution is -1.82. The topological polar surface area (TPSA) is 0 Å². The second-order valence-corrected chi connectivity index (χ2v) is 8.03. The van der Waals surface area contributed by atoms with Crippen LogP contribution in [0.1, 0.15) is 106 Å². The van der Waals surface area contributed by atoms with E-state index in [9.17, 15) is 0 Å². The molecule has 0 aliphatic rings. The predicted octanol–water partition coefficient (Wildman–Crippen LogP) is 9.27. The maximum Gasteiger partial charge on any atom is -0.0288 e. The van der Waals surface area contributed by atoms with Crippen LogP contribution in [0.25, 0.3) is 0 Å². The Bertz CT molecular complexity index is 516. The second kappa shape index (κ2) is 15.9. The van der Waals surface area contributed by atoms with E-state index in [1.54, 1.807) is 0 Å². The van der Waals surface area contributed by atoms with Crippen LogP contribution < -0.4 is 0 Å². The van der Waals surface area contributed by atoms with Crippen molar-refractivity contribution in [1.82, 2.24) is 0 Å². The zero-order valence-corrected chi connectivity index (χ0v) is 18.8. The molecule has 0 aliphatic heterocycles. The van der Waals surface area contributed by atoms with Gasteiger partial charge in [-0.15, -0.1) is 0 Å². The van der Waals surface area contributed by atoms with Gasteiger partial charge in [0.1, 0.15) is 0 Å². The number of allylic oxidation sites excluding steroid dienone is 10. The molecule has 0 spiro atoms. The van der Waals surface area contributed by atoms with E-state index in [-0.39, 0.29) is 0 Å². The fourth-order valence-electron chi connectivity index (χ4n) is 2.79. The second-order valence-electron chi connectivity index (χ2n) is 8.03. The summed E-state index contributed by atoms with van der Waals surface area (Å²) in [7, 11) is 0. The highest BCUT2D eigenvalue weighted by Gasteiger charge is 1.93. The minimum Gasteiger partial charge on any atom is -0.0856 e. The fourth-order valence-corrected chi connectivity index (χ4v) is 2.79. The first-order chi connectivity index (χ1) is 12.3. The molecule has 0 aromatic heterocycles. The first-order valence-corrected chi connectivity index (χ1v) is 10.6. The van der Waals surface area contributed by atoms with E-state index in [2.05, 4.69) is 78.8 Å². The van der Waals surface area contributed by atoms with Crippen molar-refractivity contribution in [2.45, 2.75) is 106 Å². The van der Waals surface area contributed by atoms with Gasteiger partial charge >= 0.3 is 0 Å². The first-order valence-electron chi connectivity index (χ1n) is 10.6. The Labute approximate surface area is 164 Å². The van der Waals surface area contributed by atoms with Crippen molar-refractivity contribution >= 4 is 0 Å². The van der Waals surface area contributed by atoms with Crippen LogP contribution in [-0.2, 0) is 0 Å². The molecule has 0 radical (unpaired) electrons. The molecule has 0 saturated heterocycles. The van der Waals surface area contributed by atoms with Gasteiger partial charge in [0.2, 0.25) is 0 Å². The van der Waals surface area contributed by atoms with Crippen molar-refractivity contribution in [3.8, 4) is 0 Å². The van der Waals surface area contributed by atoms with E-state index in [4.69, 9.17) is 0 Å². The van der Waals surface area contributed by atoms with Gasteiger partial charge in [-0.2, -0.15) is 0 Å². The van der Waals surface area contributed by atoms with Crippen molar-refractivity contribution in [2.24, 2.45) is 0 Å². The largest absolute Gasteiger partial charge is 0.0856 e. The lowest BCUT2D eigenvalue weighted by atomic mass is 10.0. The molecule has 0 heteroatoms. The van der Waals surface area contributed by atoms with Crippen LogP contribution >= 0.6 is 0 Å². The summed E-state index contributed by atoms with van der Waals surface area (Å²) in [5.41, 5.74) is 7.53. The van der Waals surface area contributed by atoms with Crippen molar-refractivity contribution in [1.29, 1.82) is 0 Å². The van der Waals surface area contributed by atoms with Gasteiger partial charge in [-0.25, -0.2) is 0 Å². The normalized spacial score (nSPS) is 14.0. The van der Waals surface area contributed by atoms with Gasteiger partial charge in [-0.3, -0.25) is 0 Å². The van der Waals surface area contributed by atoms with E-state index < -0.39 is 0 Å². The smallest absolute Gasteiger partial charge is 0.0288 e. The van der Waals surface area contributed by atoms with Crippen LogP contribution in [0.4, 0.5) is 0 Å². The number of unbranched alkanes of at least 4 members (excludes halogenated alkanes) is 1. The van der Waals surface area contributed by atoms with Crippen LogP contribution in [0, 0.1) is 0 Å². The summed E-state index contributed by atoms with van der Waals surface area (Å²) in [4.78, 5) is 0. The molecule has 0 atom stereocenters. The zero-order valence-electron chi connectivity index (χ0n) is 18.8. The van der Waals surface area contributed by atoms with Gasteiger partial charge in [-0.05, 0) is 99.3 Å².